The van der Waals surface area contributed by atoms with E-state index in [4.69, 9.17) is 4.74 Å². The van der Waals surface area contributed by atoms with Crippen LogP contribution in [-0.2, 0) is 28.8 Å². The van der Waals surface area contributed by atoms with E-state index < -0.39 is 0 Å². The average Bonchev–Trinajstić information content (AvgIpc) is 3.23. The Hall–Kier alpha value is -2.14. The number of aryl methyl sites for hydroxylation is 2. The standard InChI is InChI=1S/C19H19NO3S/c1-12-9-13-5-2-3-7-15(13)20(12)18(21)11-23-19(22)17-10-14-6-4-8-16(14)24-17/h2-3,5,7,10,12H,4,6,8-9,11H2,1H3/t12-/m0/s1. The van der Waals surface area contributed by atoms with Crippen LogP contribution in [-0.4, -0.2) is 24.5 Å². The third kappa shape index (κ3) is 2.63. The number of nitrogens with zero attached hydrogens (tertiary/aromatic N) is 1. The Morgan fingerprint density at radius 1 is 1.25 bits per heavy atom. The maximum atomic E-state index is 12.5. The second kappa shape index (κ2) is 6.06. The Kier molecular flexibility index (Phi) is 3.88. The molecule has 2 heterocycles. The normalized spacial score (nSPS) is 18.4. The summed E-state index contributed by atoms with van der Waals surface area (Å²) in [5.74, 6) is -0.548. The molecule has 1 atom stereocenters. The van der Waals surface area contributed by atoms with Gasteiger partial charge in [0, 0.05) is 16.6 Å². The van der Waals surface area contributed by atoms with Gasteiger partial charge in [-0.05, 0) is 55.9 Å². The van der Waals surface area contributed by atoms with Crippen molar-refractivity contribution >= 4 is 28.9 Å². The molecule has 1 aromatic heterocycles. The van der Waals surface area contributed by atoms with E-state index in [0.717, 1.165) is 24.9 Å². The lowest BCUT2D eigenvalue weighted by Crippen LogP contribution is -2.38. The predicted octanol–water partition coefficient (Wildman–Crippen LogP) is 3.37. The van der Waals surface area contributed by atoms with Gasteiger partial charge in [-0.15, -0.1) is 11.3 Å². The first-order valence-electron chi connectivity index (χ1n) is 8.32. The highest BCUT2D eigenvalue weighted by Crippen LogP contribution is 2.32. The second-order valence-corrected chi connectivity index (χ2v) is 7.57. The minimum absolute atomic E-state index is 0.0964. The third-order valence-corrected chi connectivity index (χ3v) is 5.97. The number of carbonyl (C=O) groups is 2. The Labute approximate surface area is 145 Å². The first kappa shape index (κ1) is 15.4. The van der Waals surface area contributed by atoms with Crippen molar-refractivity contribution < 1.29 is 14.3 Å². The quantitative estimate of drug-likeness (QED) is 0.804. The third-order valence-electron chi connectivity index (χ3n) is 4.75. The van der Waals surface area contributed by atoms with E-state index in [-0.39, 0.29) is 24.5 Å². The average molecular weight is 341 g/mol. The van der Waals surface area contributed by atoms with Crippen LogP contribution in [0, 0.1) is 0 Å². The van der Waals surface area contributed by atoms with Crippen LogP contribution in [0.2, 0.25) is 0 Å². The first-order chi connectivity index (χ1) is 11.6. The van der Waals surface area contributed by atoms with Crippen molar-refractivity contribution in [1.82, 2.24) is 0 Å². The first-order valence-corrected chi connectivity index (χ1v) is 9.14. The lowest BCUT2D eigenvalue weighted by molar-refractivity contribution is -0.122. The summed E-state index contributed by atoms with van der Waals surface area (Å²) in [4.78, 5) is 28.4. The topological polar surface area (TPSA) is 46.6 Å². The Bertz CT molecular complexity index is 789. The zero-order valence-corrected chi connectivity index (χ0v) is 14.4. The molecule has 5 heteroatoms. The summed E-state index contributed by atoms with van der Waals surface area (Å²) in [7, 11) is 0. The van der Waals surface area contributed by atoms with Crippen molar-refractivity contribution in [3.8, 4) is 0 Å². The number of hydrogen-bond donors (Lipinski definition) is 0. The number of ether oxygens (including phenoxy) is 1. The molecule has 4 nitrogen and oxygen atoms in total. The van der Waals surface area contributed by atoms with E-state index >= 15 is 0 Å². The number of hydrogen-bond acceptors (Lipinski definition) is 4. The summed E-state index contributed by atoms with van der Waals surface area (Å²) in [6, 6.07) is 9.92. The zero-order valence-electron chi connectivity index (χ0n) is 13.6. The van der Waals surface area contributed by atoms with Gasteiger partial charge in [0.05, 0.1) is 0 Å². The molecule has 124 valence electrons. The molecule has 24 heavy (non-hydrogen) atoms. The number of thiophene rings is 1. The van der Waals surface area contributed by atoms with Gasteiger partial charge < -0.3 is 9.64 Å². The molecule has 0 bridgehead atoms. The maximum absolute atomic E-state index is 12.5. The molecule has 0 saturated heterocycles. The molecule has 0 saturated carbocycles. The Morgan fingerprint density at radius 3 is 2.92 bits per heavy atom. The predicted molar refractivity (Wildman–Crippen MR) is 93.7 cm³/mol. The number of rotatable bonds is 3. The molecule has 2 aliphatic rings. The molecule has 1 amide bonds. The Morgan fingerprint density at radius 2 is 2.08 bits per heavy atom. The van der Waals surface area contributed by atoms with E-state index in [2.05, 4.69) is 0 Å². The van der Waals surface area contributed by atoms with Crippen LogP contribution in [0.4, 0.5) is 5.69 Å². The van der Waals surface area contributed by atoms with Gasteiger partial charge in [-0.2, -0.15) is 0 Å². The minimum atomic E-state index is -0.386. The summed E-state index contributed by atoms with van der Waals surface area (Å²) >= 11 is 1.50. The summed E-state index contributed by atoms with van der Waals surface area (Å²) < 4.78 is 5.28. The smallest absolute Gasteiger partial charge is 0.348 e. The Balaban J connectivity index is 1.42. The zero-order chi connectivity index (χ0) is 16.7. The SMILES string of the molecule is C[C@H]1Cc2ccccc2N1C(=O)COC(=O)c1cc2c(s1)CCC2. The van der Waals surface area contributed by atoms with Gasteiger partial charge in [-0.3, -0.25) is 4.79 Å². The van der Waals surface area contributed by atoms with Crippen molar-refractivity contribution in [3.63, 3.8) is 0 Å². The number of anilines is 1. The molecule has 0 spiro atoms. The summed E-state index contributed by atoms with van der Waals surface area (Å²) in [6.07, 6.45) is 4.10. The molecule has 0 N–H and O–H groups in total. The highest BCUT2D eigenvalue weighted by Gasteiger charge is 2.31. The van der Waals surface area contributed by atoms with E-state index in [0.29, 0.717) is 4.88 Å². The number of carbonyl (C=O) groups excluding carboxylic acids is 2. The molecule has 4 rings (SSSR count). The van der Waals surface area contributed by atoms with Crippen LogP contribution < -0.4 is 4.90 Å². The molecule has 1 aliphatic heterocycles. The molecule has 1 aliphatic carbocycles. The molecule has 0 radical (unpaired) electrons. The van der Waals surface area contributed by atoms with Crippen molar-refractivity contribution in [2.24, 2.45) is 0 Å². The van der Waals surface area contributed by atoms with Gasteiger partial charge in [-0.1, -0.05) is 18.2 Å². The molecule has 2 aromatic rings. The van der Waals surface area contributed by atoms with Gasteiger partial charge in [0.15, 0.2) is 6.61 Å². The monoisotopic (exact) mass is 341 g/mol. The van der Waals surface area contributed by atoms with Crippen LogP contribution in [0.3, 0.4) is 0 Å². The van der Waals surface area contributed by atoms with Gasteiger partial charge in [0.2, 0.25) is 0 Å². The van der Waals surface area contributed by atoms with Gasteiger partial charge in [0.25, 0.3) is 5.91 Å². The summed E-state index contributed by atoms with van der Waals surface area (Å²) in [6.45, 7) is 1.81. The highest BCUT2D eigenvalue weighted by atomic mass is 32.1. The van der Waals surface area contributed by atoms with Crippen LogP contribution in [0.5, 0.6) is 0 Å². The van der Waals surface area contributed by atoms with Crippen LogP contribution in [0.15, 0.2) is 30.3 Å². The van der Waals surface area contributed by atoms with E-state index in [9.17, 15) is 9.59 Å². The van der Waals surface area contributed by atoms with Crippen LogP contribution in [0.1, 0.15) is 39.0 Å². The van der Waals surface area contributed by atoms with Gasteiger partial charge in [-0.25, -0.2) is 4.79 Å². The van der Waals surface area contributed by atoms with Crippen LogP contribution >= 0.6 is 11.3 Å². The fourth-order valence-corrected chi connectivity index (χ4v) is 4.79. The fraction of sp³-hybridized carbons (Fsp3) is 0.368. The van der Waals surface area contributed by atoms with E-state index in [1.807, 2.05) is 37.3 Å². The van der Waals surface area contributed by atoms with Crippen molar-refractivity contribution in [3.05, 3.63) is 51.2 Å². The number of amides is 1. The number of fused-ring (bicyclic) bond motifs is 2. The lowest BCUT2D eigenvalue weighted by atomic mass is 10.1. The van der Waals surface area contributed by atoms with Gasteiger partial charge >= 0.3 is 5.97 Å². The summed E-state index contributed by atoms with van der Waals surface area (Å²) in [5, 5.41) is 0. The molecule has 0 fully saturated rings. The van der Waals surface area contributed by atoms with Crippen LogP contribution in [0.25, 0.3) is 0 Å². The lowest BCUT2D eigenvalue weighted by Gasteiger charge is -2.22. The van der Waals surface area contributed by atoms with Crippen molar-refractivity contribution in [1.29, 1.82) is 0 Å². The molecule has 1 aromatic carbocycles. The number of benzene rings is 1. The number of esters is 1. The molecular formula is C19H19NO3S. The van der Waals surface area contributed by atoms with E-state index in [1.54, 1.807) is 4.90 Å². The van der Waals surface area contributed by atoms with Crippen molar-refractivity contribution in [2.45, 2.75) is 38.6 Å². The highest BCUT2D eigenvalue weighted by molar-refractivity contribution is 7.14. The molecular weight excluding hydrogens is 322 g/mol. The molecule has 0 unspecified atom stereocenters. The summed E-state index contributed by atoms with van der Waals surface area (Å²) in [5.41, 5.74) is 3.36. The fourth-order valence-electron chi connectivity index (χ4n) is 3.64. The maximum Gasteiger partial charge on any atom is 0.348 e. The minimum Gasteiger partial charge on any atom is -0.451 e. The van der Waals surface area contributed by atoms with E-state index in [1.165, 1.54) is 33.8 Å². The second-order valence-electron chi connectivity index (χ2n) is 6.43. The van der Waals surface area contributed by atoms with Crippen molar-refractivity contribution in [2.75, 3.05) is 11.5 Å². The van der Waals surface area contributed by atoms with Gasteiger partial charge in [0.1, 0.15) is 4.88 Å². The number of para-hydroxylation sites is 1. The largest absolute Gasteiger partial charge is 0.451 e.